The van der Waals surface area contributed by atoms with E-state index in [0.717, 1.165) is 5.69 Å². The third-order valence-electron chi connectivity index (χ3n) is 1.06. The van der Waals surface area contributed by atoms with E-state index in [2.05, 4.69) is 11.8 Å². The summed E-state index contributed by atoms with van der Waals surface area (Å²) in [4.78, 5) is 0. The smallest absolute Gasteiger partial charge is 0.0821 e. The molecule has 1 rings (SSSR count). The van der Waals surface area contributed by atoms with Crippen LogP contribution in [0, 0.1) is 5.41 Å². The molecule has 0 aliphatic rings. The molecule has 1 N–H and O–H groups in total. The zero-order valence-corrected chi connectivity index (χ0v) is 4.91. The first-order valence-corrected chi connectivity index (χ1v) is 2.53. The average Bonchev–Trinajstić information content (AvgIpc) is 2.33. The SMILES string of the molecule is C=Nn1cccc1C=N. The Morgan fingerprint density at radius 3 is 3.00 bits per heavy atom. The van der Waals surface area contributed by atoms with Gasteiger partial charge < -0.3 is 5.41 Å². The molecule has 46 valence electrons. The molecule has 0 bridgehead atoms. The molecular formula is C6H7N3. The van der Waals surface area contributed by atoms with Crippen LogP contribution in [-0.2, 0) is 0 Å². The molecule has 0 aromatic carbocycles. The van der Waals surface area contributed by atoms with E-state index < -0.39 is 0 Å². The molecular weight excluding hydrogens is 114 g/mol. The third kappa shape index (κ3) is 0.887. The fourth-order valence-electron chi connectivity index (χ4n) is 0.629. The molecule has 9 heavy (non-hydrogen) atoms. The van der Waals surface area contributed by atoms with Crippen molar-refractivity contribution in [1.82, 2.24) is 4.68 Å². The minimum atomic E-state index is 0.741. The highest BCUT2D eigenvalue weighted by molar-refractivity contribution is 5.74. The van der Waals surface area contributed by atoms with Gasteiger partial charge in [0.15, 0.2) is 0 Å². The summed E-state index contributed by atoms with van der Waals surface area (Å²) in [5.74, 6) is 0. The van der Waals surface area contributed by atoms with Crippen molar-refractivity contribution >= 4 is 12.9 Å². The van der Waals surface area contributed by atoms with Crippen molar-refractivity contribution in [2.45, 2.75) is 0 Å². The first-order valence-electron chi connectivity index (χ1n) is 2.53. The number of hydrogen-bond acceptors (Lipinski definition) is 2. The first kappa shape index (κ1) is 5.75. The van der Waals surface area contributed by atoms with Crippen LogP contribution in [0.5, 0.6) is 0 Å². The molecule has 0 unspecified atom stereocenters. The molecule has 1 heterocycles. The van der Waals surface area contributed by atoms with Crippen molar-refractivity contribution in [2.24, 2.45) is 5.10 Å². The van der Waals surface area contributed by atoms with Gasteiger partial charge in [-0.3, -0.25) is 0 Å². The summed E-state index contributed by atoms with van der Waals surface area (Å²) in [5, 5.41) is 10.5. The van der Waals surface area contributed by atoms with Crippen LogP contribution in [0.3, 0.4) is 0 Å². The standard InChI is InChI=1S/C6H7N3/c1-8-9-4-2-3-6(9)5-7/h2-5,7H,1H2. The average molecular weight is 121 g/mol. The van der Waals surface area contributed by atoms with Crippen molar-refractivity contribution in [3.8, 4) is 0 Å². The van der Waals surface area contributed by atoms with Gasteiger partial charge in [0, 0.05) is 19.1 Å². The Morgan fingerprint density at radius 2 is 2.56 bits per heavy atom. The van der Waals surface area contributed by atoms with Crippen molar-refractivity contribution in [3.05, 3.63) is 24.0 Å². The second-order valence-electron chi connectivity index (χ2n) is 1.56. The fourth-order valence-corrected chi connectivity index (χ4v) is 0.629. The normalized spacial score (nSPS) is 8.89. The van der Waals surface area contributed by atoms with Gasteiger partial charge in [-0.25, -0.2) is 4.68 Å². The van der Waals surface area contributed by atoms with E-state index in [9.17, 15) is 0 Å². The summed E-state index contributed by atoms with van der Waals surface area (Å²) >= 11 is 0. The minimum absolute atomic E-state index is 0.741. The van der Waals surface area contributed by atoms with Crippen molar-refractivity contribution in [3.63, 3.8) is 0 Å². The van der Waals surface area contributed by atoms with E-state index in [1.54, 1.807) is 12.3 Å². The van der Waals surface area contributed by atoms with E-state index in [-0.39, 0.29) is 0 Å². The summed E-state index contributed by atoms with van der Waals surface area (Å²) in [6.45, 7) is 3.32. The highest BCUT2D eigenvalue weighted by Crippen LogP contribution is 1.96. The van der Waals surface area contributed by atoms with Gasteiger partial charge in [-0.2, -0.15) is 5.10 Å². The molecule has 0 radical (unpaired) electrons. The van der Waals surface area contributed by atoms with Crippen LogP contribution in [0.2, 0.25) is 0 Å². The van der Waals surface area contributed by atoms with Crippen LogP contribution in [-0.4, -0.2) is 17.6 Å². The van der Waals surface area contributed by atoms with Crippen molar-refractivity contribution < 1.29 is 0 Å². The maximum absolute atomic E-state index is 6.87. The number of rotatable bonds is 2. The topological polar surface area (TPSA) is 41.1 Å². The van der Waals surface area contributed by atoms with E-state index >= 15 is 0 Å². The minimum Gasteiger partial charge on any atom is -0.307 e. The fraction of sp³-hybridized carbons (Fsp3) is 0. The summed E-state index contributed by atoms with van der Waals surface area (Å²) in [6.07, 6.45) is 2.97. The maximum Gasteiger partial charge on any atom is 0.0821 e. The molecule has 0 aliphatic carbocycles. The Morgan fingerprint density at radius 1 is 1.78 bits per heavy atom. The van der Waals surface area contributed by atoms with Gasteiger partial charge in [0.25, 0.3) is 0 Å². The van der Waals surface area contributed by atoms with Crippen LogP contribution < -0.4 is 0 Å². The van der Waals surface area contributed by atoms with Crippen molar-refractivity contribution in [2.75, 3.05) is 0 Å². The second-order valence-corrected chi connectivity index (χ2v) is 1.56. The van der Waals surface area contributed by atoms with Gasteiger partial charge >= 0.3 is 0 Å². The Balaban J connectivity index is 3.12. The van der Waals surface area contributed by atoms with Crippen LogP contribution in [0.25, 0.3) is 0 Å². The lowest BCUT2D eigenvalue weighted by Gasteiger charge is -1.91. The molecule has 0 aliphatic heterocycles. The number of hydrogen-bond donors (Lipinski definition) is 1. The number of nitrogens with zero attached hydrogens (tertiary/aromatic N) is 2. The third-order valence-corrected chi connectivity index (χ3v) is 1.06. The lowest BCUT2D eigenvalue weighted by atomic mass is 10.5. The highest BCUT2D eigenvalue weighted by Gasteiger charge is 1.90. The van der Waals surface area contributed by atoms with Crippen LogP contribution in [0.4, 0.5) is 0 Å². The Kier molecular flexibility index (Phi) is 1.44. The first-order chi connectivity index (χ1) is 4.38. The highest BCUT2D eigenvalue weighted by atomic mass is 15.3. The Bertz CT molecular complexity index is 201. The monoisotopic (exact) mass is 121 g/mol. The van der Waals surface area contributed by atoms with Crippen molar-refractivity contribution in [1.29, 1.82) is 5.41 Å². The zero-order valence-electron chi connectivity index (χ0n) is 4.91. The van der Waals surface area contributed by atoms with Crippen LogP contribution in [0.15, 0.2) is 23.4 Å². The molecule has 3 nitrogen and oxygen atoms in total. The van der Waals surface area contributed by atoms with E-state index in [1.165, 1.54) is 10.9 Å². The van der Waals surface area contributed by atoms with Crippen LogP contribution >= 0.6 is 0 Å². The summed E-state index contributed by atoms with van der Waals surface area (Å²) in [5.41, 5.74) is 0.741. The molecule has 3 heteroatoms. The quantitative estimate of drug-likeness (QED) is 0.566. The largest absolute Gasteiger partial charge is 0.307 e. The predicted octanol–water partition coefficient (Wildman–Crippen LogP) is 0.949. The molecule has 0 saturated heterocycles. The molecule has 0 amide bonds. The molecule has 0 fully saturated rings. The van der Waals surface area contributed by atoms with E-state index in [4.69, 9.17) is 5.41 Å². The zero-order chi connectivity index (χ0) is 6.69. The number of aromatic nitrogens is 1. The van der Waals surface area contributed by atoms with Gasteiger partial charge in [0.1, 0.15) is 0 Å². The van der Waals surface area contributed by atoms with Gasteiger partial charge in [-0.05, 0) is 12.1 Å². The van der Waals surface area contributed by atoms with Gasteiger partial charge in [0.2, 0.25) is 0 Å². The molecule has 1 aromatic rings. The van der Waals surface area contributed by atoms with Crippen LogP contribution in [0.1, 0.15) is 5.69 Å². The molecule has 0 spiro atoms. The predicted molar refractivity (Wildman–Crippen MR) is 37.3 cm³/mol. The van der Waals surface area contributed by atoms with Gasteiger partial charge in [-0.1, -0.05) is 0 Å². The van der Waals surface area contributed by atoms with Gasteiger partial charge in [-0.15, -0.1) is 0 Å². The van der Waals surface area contributed by atoms with Gasteiger partial charge in [0.05, 0.1) is 5.69 Å². The lowest BCUT2D eigenvalue weighted by molar-refractivity contribution is 0.890. The van der Waals surface area contributed by atoms with E-state index in [0.29, 0.717) is 0 Å². The Labute approximate surface area is 53.1 Å². The summed E-state index contributed by atoms with van der Waals surface area (Å²) < 4.78 is 1.53. The van der Waals surface area contributed by atoms with E-state index in [1.807, 2.05) is 6.07 Å². The molecule has 0 saturated carbocycles. The lowest BCUT2D eigenvalue weighted by Crippen LogP contribution is -1.90. The molecule has 0 atom stereocenters. The second kappa shape index (κ2) is 2.26. The number of nitrogens with one attached hydrogen (secondary N) is 1. The summed E-state index contributed by atoms with van der Waals surface area (Å²) in [6, 6.07) is 3.61. The Hall–Kier alpha value is -1.38. The molecule has 1 aromatic heterocycles. The maximum atomic E-state index is 6.87. The summed E-state index contributed by atoms with van der Waals surface area (Å²) in [7, 11) is 0.